The van der Waals surface area contributed by atoms with Crippen LogP contribution in [0.4, 0.5) is 0 Å². The van der Waals surface area contributed by atoms with Gasteiger partial charge in [0.15, 0.2) is 0 Å². The Morgan fingerprint density at radius 3 is 2.89 bits per heavy atom. The molecule has 0 spiro atoms. The molecule has 2 atom stereocenters. The number of halogens is 1. The van der Waals surface area contributed by atoms with E-state index in [4.69, 9.17) is 4.74 Å². The van der Waals surface area contributed by atoms with Crippen LogP contribution in [0.3, 0.4) is 0 Å². The molecule has 106 valence electrons. The third kappa shape index (κ3) is 2.38. The van der Waals surface area contributed by atoms with Crippen LogP contribution in [0.15, 0.2) is 12.1 Å². The van der Waals surface area contributed by atoms with Gasteiger partial charge in [-0.05, 0) is 19.1 Å². The van der Waals surface area contributed by atoms with Crippen LogP contribution in [0.2, 0.25) is 0 Å². The summed E-state index contributed by atoms with van der Waals surface area (Å²) in [4.78, 5) is 14.6. The van der Waals surface area contributed by atoms with Crippen molar-refractivity contribution in [2.24, 2.45) is 7.05 Å². The summed E-state index contributed by atoms with van der Waals surface area (Å²) < 4.78 is 7.64. The van der Waals surface area contributed by atoms with Crippen molar-refractivity contribution in [1.82, 2.24) is 14.8 Å². The van der Waals surface area contributed by atoms with Crippen LogP contribution in [0.1, 0.15) is 16.2 Å². The summed E-state index contributed by atoms with van der Waals surface area (Å²) in [6, 6.07) is 4.07. The number of nitrogens with zero attached hydrogens (tertiary/aromatic N) is 2. The average Bonchev–Trinajstić information content (AvgIpc) is 2.96. The lowest BCUT2D eigenvalue weighted by Crippen LogP contribution is -2.53. The standard InChI is InChI=1S/C13H19N3O2.ClH/c1-9-3-4-10(15(9)2)13(17)16-5-6-18-12-8-14-7-11(12)16;/h3-4,11-12,14H,5-8H2,1-2H3;1H/t11-,12+;/m1./s1. The number of carbonyl (C=O) groups is 1. The molecule has 1 aromatic heterocycles. The van der Waals surface area contributed by atoms with E-state index in [2.05, 4.69) is 5.32 Å². The highest BCUT2D eigenvalue weighted by Gasteiger charge is 2.39. The average molecular weight is 286 g/mol. The van der Waals surface area contributed by atoms with Gasteiger partial charge >= 0.3 is 0 Å². The largest absolute Gasteiger partial charge is 0.373 e. The lowest BCUT2D eigenvalue weighted by Gasteiger charge is -2.37. The summed E-state index contributed by atoms with van der Waals surface area (Å²) in [5.41, 5.74) is 1.87. The van der Waals surface area contributed by atoms with Gasteiger partial charge in [-0.3, -0.25) is 4.79 Å². The molecule has 0 radical (unpaired) electrons. The number of amides is 1. The zero-order valence-electron chi connectivity index (χ0n) is 11.3. The highest BCUT2D eigenvalue weighted by molar-refractivity contribution is 5.93. The number of hydrogen-bond acceptors (Lipinski definition) is 3. The van der Waals surface area contributed by atoms with Gasteiger partial charge in [0.1, 0.15) is 5.69 Å². The smallest absolute Gasteiger partial charge is 0.270 e. The molecule has 1 aromatic rings. The number of ether oxygens (including phenoxy) is 1. The fraction of sp³-hybridized carbons (Fsp3) is 0.615. The highest BCUT2D eigenvalue weighted by Crippen LogP contribution is 2.20. The summed E-state index contributed by atoms with van der Waals surface area (Å²) in [6.07, 6.45) is 0.157. The van der Waals surface area contributed by atoms with Gasteiger partial charge in [-0.15, -0.1) is 12.4 Å². The van der Waals surface area contributed by atoms with Crippen molar-refractivity contribution in [2.45, 2.75) is 19.1 Å². The van der Waals surface area contributed by atoms with Gasteiger partial charge in [0.25, 0.3) is 5.91 Å². The van der Waals surface area contributed by atoms with Crippen LogP contribution in [-0.2, 0) is 11.8 Å². The second-order valence-corrected chi connectivity index (χ2v) is 5.05. The summed E-state index contributed by atoms with van der Waals surface area (Å²) in [5.74, 6) is 0.118. The molecular formula is C13H20ClN3O2. The normalized spacial score (nSPS) is 25.9. The quantitative estimate of drug-likeness (QED) is 0.821. The van der Waals surface area contributed by atoms with E-state index < -0.39 is 0 Å². The SMILES string of the molecule is Cc1ccc(C(=O)N2CCO[C@H]3CNC[C@H]32)n1C.Cl. The van der Waals surface area contributed by atoms with Crippen LogP contribution in [0.25, 0.3) is 0 Å². The molecule has 2 aliphatic rings. The van der Waals surface area contributed by atoms with E-state index in [0.29, 0.717) is 13.2 Å². The lowest BCUT2D eigenvalue weighted by molar-refractivity contribution is -0.0368. The Labute approximate surface area is 119 Å². The Morgan fingerprint density at radius 2 is 2.21 bits per heavy atom. The molecule has 6 heteroatoms. The predicted octanol–water partition coefficient (Wildman–Crippen LogP) is 0.568. The van der Waals surface area contributed by atoms with Gasteiger partial charge in [-0.25, -0.2) is 0 Å². The van der Waals surface area contributed by atoms with Crippen molar-refractivity contribution in [3.63, 3.8) is 0 Å². The van der Waals surface area contributed by atoms with E-state index in [9.17, 15) is 4.79 Å². The summed E-state index contributed by atoms with van der Waals surface area (Å²) in [7, 11) is 1.94. The number of aryl methyl sites for hydroxylation is 1. The highest BCUT2D eigenvalue weighted by atomic mass is 35.5. The summed E-state index contributed by atoms with van der Waals surface area (Å²) in [5, 5.41) is 3.29. The third-order valence-corrected chi connectivity index (χ3v) is 4.05. The maximum atomic E-state index is 12.6. The van der Waals surface area contributed by atoms with Crippen molar-refractivity contribution < 1.29 is 9.53 Å². The Bertz CT molecular complexity index is 474. The molecular weight excluding hydrogens is 266 g/mol. The van der Waals surface area contributed by atoms with E-state index in [1.165, 1.54) is 0 Å². The van der Waals surface area contributed by atoms with E-state index in [0.717, 1.165) is 24.5 Å². The molecule has 3 rings (SSSR count). The Balaban J connectivity index is 0.00000133. The van der Waals surface area contributed by atoms with E-state index in [-0.39, 0.29) is 30.5 Å². The minimum Gasteiger partial charge on any atom is -0.373 e. The summed E-state index contributed by atoms with van der Waals surface area (Å²) >= 11 is 0. The van der Waals surface area contributed by atoms with Crippen LogP contribution >= 0.6 is 12.4 Å². The second kappa shape index (κ2) is 5.53. The van der Waals surface area contributed by atoms with E-state index in [1.807, 2.05) is 35.6 Å². The molecule has 0 aliphatic carbocycles. The molecule has 1 amide bonds. The first-order chi connectivity index (χ1) is 8.68. The van der Waals surface area contributed by atoms with Crippen LogP contribution < -0.4 is 5.32 Å². The number of rotatable bonds is 1. The topological polar surface area (TPSA) is 46.5 Å². The molecule has 0 aromatic carbocycles. The Kier molecular flexibility index (Phi) is 4.18. The minimum absolute atomic E-state index is 0. The number of nitrogens with one attached hydrogen (secondary N) is 1. The fourth-order valence-corrected chi connectivity index (χ4v) is 2.82. The van der Waals surface area contributed by atoms with Gasteiger partial charge in [0.05, 0.1) is 18.8 Å². The van der Waals surface area contributed by atoms with Gasteiger partial charge in [-0.2, -0.15) is 0 Å². The third-order valence-electron chi connectivity index (χ3n) is 4.05. The zero-order valence-corrected chi connectivity index (χ0v) is 12.1. The van der Waals surface area contributed by atoms with Crippen molar-refractivity contribution >= 4 is 18.3 Å². The first kappa shape index (κ1) is 14.4. The van der Waals surface area contributed by atoms with Gasteiger partial charge in [-0.1, -0.05) is 0 Å². The van der Waals surface area contributed by atoms with E-state index >= 15 is 0 Å². The molecule has 0 saturated carbocycles. The van der Waals surface area contributed by atoms with Gasteiger partial charge in [0.2, 0.25) is 0 Å². The van der Waals surface area contributed by atoms with Crippen molar-refractivity contribution in [1.29, 1.82) is 0 Å². The molecule has 1 N–H and O–H groups in total. The molecule has 19 heavy (non-hydrogen) atoms. The molecule has 0 bridgehead atoms. The predicted molar refractivity (Wildman–Crippen MR) is 74.8 cm³/mol. The second-order valence-electron chi connectivity index (χ2n) is 5.05. The number of fused-ring (bicyclic) bond motifs is 1. The van der Waals surface area contributed by atoms with Crippen molar-refractivity contribution in [3.8, 4) is 0 Å². The van der Waals surface area contributed by atoms with Crippen LogP contribution in [0, 0.1) is 6.92 Å². The minimum atomic E-state index is 0. The monoisotopic (exact) mass is 285 g/mol. The maximum Gasteiger partial charge on any atom is 0.270 e. The molecule has 5 nitrogen and oxygen atoms in total. The number of carbonyl (C=O) groups excluding carboxylic acids is 1. The first-order valence-electron chi connectivity index (χ1n) is 6.44. The van der Waals surface area contributed by atoms with Crippen molar-refractivity contribution in [2.75, 3.05) is 26.2 Å². The Morgan fingerprint density at radius 1 is 1.42 bits per heavy atom. The molecule has 2 fully saturated rings. The Hall–Kier alpha value is -1.04. The number of hydrogen-bond donors (Lipinski definition) is 1. The van der Waals surface area contributed by atoms with Crippen molar-refractivity contribution in [3.05, 3.63) is 23.5 Å². The van der Waals surface area contributed by atoms with Crippen LogP contribution in [-0.4, -0.2) is 53.8 Å². The number of morpholine rings is 1. The maximum absolute atomic E-state index is 12.6. The fourth-order valence-electron chi connectivity index (χ4n) is 2.82. The molecule has 2 aliphatic heterocycles. The van der Waals surface area contributed by atoms with E-state index in [1.54, 1.807) is 0 Å². The zero-order chi connectivity index (χ0) is 12.7. The molecule has 0 unspecified atom stereocenters. The lowest BCUT2D eigenvalue weighted by atomic mass is 10.1. The molecule has 2 saturated heterocycles. The first-order valence-corrected chi connectivity index (χ1v) is 6.44. The molecule has 3 heterocycles. The number of aromatic nitrogens is 1. The van der Waals surface area contributed by atoms with Crippen LogP contribution in [0.5, 0.6) is 0 Å². The van der Waals surface area contributed by atoms with Gasteiger partial charge < -0.3 is 19.5 Å². The van der Waals surface area contributed by atoms with Gasteiger partial charge in [0, 0.05) is 32.4 Å². The summed E-state index contributed by atoms with van der Waals surface area (Å²) in [6.45, 7) is 5.01.